The summed E-state index contributed by atoms with van der Waals surface area (Å²) in [7, 11) is 1.52. The van der Waals surface area contributed by atoms with E-state index in [-0.39, 0.29) is 22.1 Å². The first-order valence-electron chi connectivity index (χ1n) is 10.7. The Bertz CT molecular complexity index is 1490. The van der Waals surface area contributed by atoms with Gasteiger partial charge in [-0.2, -0.15) is 0 Å². The van der Waals surface area contributed by atoms with Gasteiger partial charge in [-0.25, -0.2) is 15.0 Å². The predicted molar refractivity (Wildman–Crippen MR) is 137 cm³/mol. The molecule has 4 aromatic rings. The number of nitrogens with one attached hydrogen (secondary N) is 1. The fourth-order valence-electron chi connectivity index (χ4n) is 3.87. The van der Waals surface area contributed by atoms with Crippen molar-refractivity contribution in [3.05, 3.63) is 80.6 Å². The van der Waals surface area contributed by atoms with E-state index in [2.05, 4.69) is 25.3 Å². The van der Waals surface area contributed by atoms with Crippen LogP contribution in [0.15, 0.2) is 42.9 Å². The molecule has 0 fully saturated rings. The van der Waals surface area contributed by atoms with Gasteiger partial charge in [0.2, 0.25) is 0 Å². The number of hydrogen-bond donors (Lipinski definition) is 1. The van der Waals surface area contributed by atoms with Crippen molar-refractivity contribution in [1.29, 1.82) is 0 Å². The van der Waals surface area contributed by atoms with Gasteiger partial charge < -0.3 is 9.64 Å². The van der Waals surface area contributed by atoms with Gasteiger partial charge in [0.15, 0.2) is 5.13 Å². The molecule has 0 bridgehead atoms. The molecule has 9 nitrogen and oxygen atoms in total. The summed E-state index contributed by atoms with van der Waals surface area (Å²) in [6, 6.07) is 6.74. The van der Waals surface area contributed by atoms with Gasteiger partial charge in [-0.3, -0.25) is 19.9 Å². The van der Waals surface area contributed by atoms with Crippen LogP contribution in [0, 0.1) is 6.92 Å². The molecule has 0 saturated heterocycles. The number of halogens is 2. The van der Waals surface area contributed by atoms with Crippen LogP contribution in [0.25, 0.3) is 11.1 Å². The molecule has 5 rings (SSSR count). The van der Waals surface area contributed by atoms with E-state index in [1.807, 2.05) is 6.92 Å². The van der Waals surface area contributed by atoms with Gasteiger partial charge in [0.25, 0.3) is 11.8 Å². The molecular weight excluding hydrogens is 523 g/mol. The number of ether oxygens (including phenoxy) is 1. The Morgan fingerprint density at radius 1 is 1.08 bits per heavy atom. The number of pyridine rings is 3. The lowest BCUT2D eigenvalue weighted by molar-refractivity contribution is 0.0750. The Kier molecular flexibility index (Phi) is 6.57. The first-order valence-corrected chi connectivity index (χ1v) is 12.3. The Labute approximate surface area is 220 Å². The number of aromatic nitrogens is 4. The molecule has 0 aliphatic carbocycles. The molecule has 1 aliphatic heterocycles. The average molecular weight is 541 g/mol. The molecule has 2 amide bonds. The molecule has 0 atom stereocenters. The summed E-state index contributed by atoms with van der Waals surface area (Å²) >= 11 is 13.5. The molecule has 36 heavy (non-hydrogen) atoms. The van der Waals surface area contributed by atoms with Gasteiger partial charge in [-0.15, -0.1) is 0 Å². The summed E-state index contributed by atoms with van der Waals surface area (Å²) in [6.07, 6.45) is 4.55. The number of amides is 2. The zero-order valence-corrected chi connectivity index (χ0v) is 21.4. The van der Waals surface area contributed by atoms with Crippen LogP contribution in [0.5, 0.6) is 5.75 Å². The lowest BCUT2D eigenvalue weighted by Gasteiger charge is -2.16. The van der Waals surface area contributed by atoms with E-state index in [4.69, 9.17) is 27.9 Å². The highest BCUT2D eigenvalue weighted by molar-refractivity contribution is 7.16. The van der Waals surface area contributed by atoms with Crippen molar-refractivity contribution in [2.45, 2.75) is 20.0 Å². The molecule has 0 spiro atoms. The monoisotopic (exact) mass is 540 g/mol. The molecular formula is C24H18Cl2N6O3S. The smallest absolute Gasteiger partial charge is 0.259 e. The molecule has 12 heteroatoms. The van der Waals surface area contributed by atoms with E-state index in [9.17, 15) is 9.59 Å². The maximum absolute atomic E-state index is 13.3. The van der Waals surface area contributed by atoms with Crippen LogP contribution >= 0.6 is 34.5 Å². The van der Waals surface area contributed by atoms with Crippen LogP contribution in [0.4, 0.5) is 5.13 Å². The number of aryl methyl sites for hydroxylation is 1. The largest absolute Gasteiger partial charge is 0.494 e. The van der Waals surface area contributed by atoms with Gasteiger partial charge in [-0.05, 0) is 31.2 Å². The lowest BCUT2D eigenvalue weighted by atomic mass is 10.0. The lowest BCUT2D eigenvalue weighted by Crippen LogP contribution is -2.26. The highest BCUT2D eigenvalue weighted by Gasteiger charge is 2.30. The summed E-state index contributed by atoms with van der Waals surface area (Å²) in [5.41, 5.74) is 3.36. The summed E-state index contributed by atoms with van der Waals surface area (Å²) in [4.78, 5) is 45.5. The Morgan fingerprint density at radius 3 is 2.67 bits per heavy atom. The number of carbonyl (C=O) groups is 2. The van der Waals surface area contributed by atoms with Crippen molar-refractivity contribution in [3.63, 3.8) is 0 Å². The minimum atomic E-state index is -0.380. The van der Waals surface area contributed by atoms with E-state index in [1.165, 1.54) is 37.0 Å². The van der Waals surface area contributed by atoms with Gasteiger partial charge in [0.1, 0.15) is 16.1 Å². The normalized spacial score (nSPS) is 12.4. The van der Waals surface area contributed by atoms with Crippen LogP contribution in [-0.2, 0) is 13.1 Å². The highest BCUT2D eigenvalue weighted by Crippen LogP contribution is 2.36. The third-order valence-electron chi connectivity index (χ3n) is 5.58. The van der Waals surface area contributed by atoms with Crippen LogP contribution in [0.2, 0.25) is 10.3 Å². The predicted octanol–water partition coefficient (Wildman–Crippen LogP) is 5.03. The second-order valence-corrected chi connectivity index (χ2v) is 9.75. The van der Waals surface area contributed by atoms with E-state index < -0.39 is 0 Å². The molecule has 182 valence electrons. The number of anilines is 1. The zero-order chi connectivity index (χ0) is 25.4. The Morgan fingerprint density at radius 2 is 1.92 bits per heavy atom. The topological polar surface area (TPSA) is 110 Å². The van der Waals surface area contributed by atoms with Crippen molar-refractivity contribution in [2.75, 3.05) is 12.4 Å². The summed E-state index contributed by atoms with van der Waals surface area (Å²) < 4.78 is 5.43. The molecule has 0 radical (unpaired) electrons. The number of methoxy groups -OCH3 is 1. The van der Waals surface area contributed by atoms with Gasteiger partial charge in [-0.1, -0.05) is 34.5 Å². The fourth-order valence-corrected chi connectivity index (χ4v) is 5.21. The molecule has 5 heterocycles. The van der Waals surface area contributed by atoms with Crippen LogP contribution in [0.3, 0.4) is 0 Å². The van der Waals surface area contributed by atoms with Crippen molar-refractivity contribution >= 4 is 51.5 Å². The SMILES string of the molecule is COc1cnc(Cl)cc1-c1cc(C)ncc1C(=O)Nc1nc2c(s1)CN(C(=O)c1cccnc1Cl)C2. The summed E-state index contributed by atoms with van der Waals surface area (Å²) in [5, 5.41) is 3.73. The van der Waals surface area contributed by atoms with Crippen molar-refractivity contribution in [3.8, 4) is 16.9 Å². The average Bonchev–Trinajstić information content (AvgIpc) is 3.42. The van der Waals surface area contributed by atoms with Crippen LogP contribution in [-0.4, -0.2) is 43.8 Å². The molecule has 1 N–H and O–H groups in total. The number of hydrogen-bond acceptors (Lipinski definition) is 8. The van der Waals surface area contributed by atoms with E-state index >= 15 is 0 Å². The van der Waals surface area contributed by atoms with Gasteiger partial charge in [0, 0.05) is 29.2 Å². The highest BCUT2D eigenvalue weighted by atomic mass is 35.5. The number of rotatable bonds is 5. The number of thiazole rings is 1. The van der Waals surface area contributed by atoms with Crippen molar-refractivity contribution < 1.29 is 14.3 Å². The molecule has 1 aliphatic rings. The summed E-state index contributed by atoms with van der Waals surface area (Å²) in [5.74, 6) is -0.120. The van der Waals surface area contributed by atoms with Gasteiger partial charge in [0.05, 0.1) is 48.1 Å². The number of carbonyl (C=O) groups excluding carboxylic acids is 2. The van der Waals surface area contributed by atoms with E-state index in [1.54, 1.807) is 29.2 Å². The van der Waals surface area contributed by atoms with Crippen LogP contribution in [0.1, 0.15) is 37.0 Å². The molecule has 0 unspecified atom stereocenters. The van der Waals surface area contributed by atoms with Crippen molar-refractivity contribution in [1.82, 2.24) is 24.8 Å². The third-order valence-corrected chi connectivity index (χ3v) is 7.09. The quantitative estimate of drug-likeness (QED) is 0.353. The molecule has 0 saturated carbocycles. The first-order chi connectivity index (χ1) is 17.3. The zero-order valence-electron chi connectivity index (χ0n) is 19.1. The third kappa shape index (κ3) is 4.62. The first kappa shape index (κ1) is 24.1. The number of nitrogens with zero attached hydrogens (tertiary/aromatic N) is 5. The standard InChI is InChI=1S/C24H18Cl2N6O3S/c1-12-6-14(15-7-20(25)29-9-18(15)35-2)16(8-28-12)22(33)31-24-30-17-10-32(11-19(17)36-24)23(34)13-4-3-5-27-21(13)26/h3-9H,10-11H2,1-2H3,(H,30,31,33). The molecule has 4 aromatic heterocycles. The van der Waals surface area contributed by atoms with E-state index in [0.29, 0.717) is 46.2 Å². The van der Waals surface area contributed by atoms with Crippen LogP contribution < -0.4 is 10.1 Å². The second-order valence-electron chi connectivity index (χ2n) is 7.92. The summed E-state index contributed by atoms with van der Waals surface area (Å²) in [6.45, 7) is 2.52. The Hall–Kier alpha value is -3.60. The fraction of sp³-hybridized carbons (Fsp3) is 0.167. The van der Waals surface area contributed by atoms with Crippen molar-refractivity contribution in [2.24, 2.45) is 0 Å². The minimum absolute atomic E-state index is 0.160. The number of fused-ring (bicyclic) bond motifs is 1. The maximum Gasteiger partial charge on any atom is 0.259 e. The maximum atomic E-state index is 13.3. The van der Waals surface area contributed by atoms with Gasteiger partial charge >= 0.3 is 0 Å². The Balaban J connectivity index is 1.37. The molecule has 0 aromatic carbocycles. The second kappa shape index (κ2) is 9.81. The minimum Gasteiger partial charge on any atom is -0.494 e. The van der Waals surface area contributed by atoms with E-state index in [0.717, 1.165) is 16.3 Å².